The third-order valence-electron chi connectivity index (χ3n) is 4.84. The lowest BCUT2D eigenvalue weighted by atomic mass is 10.1. The highest BCUT2D eigenvalue weighted by molar-refractivity contribution is 6.04. The molecule has 0 fully saturated rings. The van der Waals surface area contributed by atoms with Gasteiger partial charge in [0.25, 0.3) is 5.91 Å². The Bertz CT molecular complexity index is 1290. The summed E-state index contributed by atoms with van der Waals surface area (Å²) in [5, 5.41) is 0.728. The normalized spacial score (nSPS) is 10.7. The van der Waals surface area contributed by atoms with Crippen molar-refractivity contribution in [3.63, 3.8) is 0 Å². The molecule has 0 saturated heterocycles. The number of ether oxygens (including phenoxy) is 1. The minimum atomic E-state index is -0.683. The van der Waals surface area contributed by atoms with E-state index in [2.05, 4.69) is 0 Å². The van der Waals surface area contributed by atoms with Gasteiger partial charge in [-0.2, -0.15) is 0 Å². The lowest BCUT2D eigenvalue weighted by Crippen LogP contribution is -2.37. The first-order chi connectivity index (χ1) is 15.1. The fourth-order valence-electron chi connectivity index (χ4n) is 3.32. The molecule has 0 aliphatic rings. The number of benzene rings is 2. The van der Waals surface area contributed by atoms with Crippen molar-refractivity contribution in [2.75, 3.05) is 7.11 Å². The molecule has 0 atom stereocenters. The van der Waals surface area contributed by atoms with Gasteiger partial charge in [0.15, 0.2) is 17.1 Å². The van der Waals surface area contributed by atoms with Crippen LogP contribution in [0.15, 0.2) is 86.6 Å². The summed E-state index contributed by atoms with van der Waals surface area (Å²) in [6, 6.07) is 18.5. The Hall–Kier alpha value is -4.13. The Morgan fingerprint density at radius 3 is 2.48 bits per heavy atom. The molecule has 0 N–H and O–H groups in total. The summed E-state index contributed by atoms with van der Waals surface area (Å²) in [7, 11) is 1.54. The largest absolute Gasteiger partial charge is 0.493 e. The Kier molecular flexibility index (Phi) is 5.66. The maximum absolute atomic E-state index is 13.2. The molecule has 2 heterocycles. The number of imide groups is 1. The van der Waals surface area contributed by atoms with Crippen molar-refractivity contribution >= 4 is 22.8 Å². The number of amides is 2. The van der Waals surface area contributed by atoms with Crippen molar-refractivity contribution in [2.24, 2.45) is 0 Å². The molecule has 31 heavy (non-hydrogen) atoms. The number of para-hydroxylation sites is 1. The van der Waals surface area contributed by atoms with Gasteiger partial charge in [-0.05, 0) is 17.7 Å². The summed E-state index contributed by atoms with van der Waals surface area (Å²) >= 11 is 0. The van der Waals surface area contributed by atoms with Crippen molar-refractivity contribution in [2.45, 2.75) is 13.0 Å². The van der Waals surface area contributed by atoms with E-state index in [1.54, 1.807) is 12.1 Å². The Labute approximate surface area is 177 Å². The SMILES string of the molecule is COc1cccc2c(CC(=O)N(Cc3ccccc3)C(=O)c3cccc(=O)o3)coc12. The molecule has 0 aliphatic heterocycles. The van der Waals surface area contributed by atoms with E-state index in [4.69, 9.17) is 13.6 Å². The highest BCUT2D eigenvalue weighted by atomic mass is 16.5. The van der Waals surface area contributed by atoms with Crippen LogP contribution in [0.3, 0.4) is 0 Å². The van der Waals surface area contributed by atoms with Gasteiger partial charge in [-0.1, -0.05) is 48.5 Å². The maximum atomic E-state index is 13.2. The van der Waals surface area contributed by atoms with Crippen LogP contribution in [0, 0.1) is 0 Å². The molecule has 4 rings (SSSR count). The molecule has 2 aromatic heterocycles. The number of nitrogens with zero attached hydrogens (tertiary/aromatic N) is 1. The second-order valence-electron chi connectivity index (χ2n) is 6.86. The maximum Gasteiger partial charge on any atom is 0.336 e. The van der Waals surface area contributed by atoms with Gasteiger partial charge in [0.1, 0.15) is 0 Å². The number of carbonyl (C=O) groups is 2. The van der Waals surface area contributed by atoms with E-state index in [1.807, 2.05) is 36.4 Å². The minimum Gasteiger partial charge on any atom is -0.493 e. The third kappa shape index (κ3) is 4.25. The van der Waals surface area contributed by atoms with Crippen LogP contribution in [0.25, 0.3) is 11.0 Å². The molecular weight excluding hydrogens is 398 g/mol. The van der Waals surface area contributed by atoms with Gasteiger partial charge in [0, 0.05) is 17.0 Å². The van der Waals surface area contributed by atoms with E-state index in [1.165, 1.54) is 31.6 Å². The molecule has 7 nitrogen and oxygen atoms in total. The van der Waals surface area contributed by atoms with Gasteiger partial charge < -0.3 is 13.6 Å². The molecule has 2 aromatic carbocycles. The van der Waals surface area contributed by atoms with Gasteiger partial charge in [0.2, 0.25) is 5.91 Å². The molecule has 0 aliphatic carbocycles. The number of hydrogen-bond acceptors (Lipinski definition) is 6. The first kappa shape index (κ1) is 20.2. The molecular formula is C24H19NO6. The zero-order valence-electron chi connectivity index (χ0n) is 16.7. The van der Waals surface area contributed by atoms with Gasteiger partial charge >= 0.3 is 5.63 Å². The second kappa shape index (κ2) is 8.71. The summed E-state index contributed by atoms with van der Waals surface area (Å²) in [4.78, 5) is 38.9. The predicted molar refractivity (Wildman–Crippen MR) is 113 cm³/mol. The third-order valence-corrected chi connectivity index (χ3v) is 4.84. The highest BCUT2D eigenvalue weighted by Gasteiger charge is 2.26. The number of furan rings is 1. The van der Waals surface area contributed by atoms with Crippen LogP contribution in [0.5, 0.6) is 5.75 Å². The summed E-state index contributed by atoms with van der Waals surface area (Å²) < 4.78 is 15.9. The molecule has 156 valence electrons. The van der Waals surface area contributed by atoms with Gasteiger partial charge in [0.05, 0.1) is 26.3 Å². The molecule has 0 radical (unpaired) electrons. The van der Waals surface area contributed by atoms with Crippen molar-refractivity contribution in [1.29, 1.82) is 0 Å². The van der Waals surface area contributed by atoms with Crippen molar-refractivity contribution in [1.82, 2.24) is 4.90 Å². The highest BCUT2D eigenvalue weighted by Crippen LogP contribution is 2.30. The molecule has 0 spiro atoms. The molecule has 0 saturated carbocycles. The monoisotopic (exact) mass is 417 g/mol. The van der Waals surface area contributed by atoms with Crippen LogP contribution in [0.1, 0.15) is 21.7 Å². The standard InChI is InChI=1S/C24H19NO6/c1-29-19-10-5-9-18-17(15-30-23(18)19)13-21(26)25(14-16-7-3-2-4-8-16)24(28)20-11-6-12-22(27)31-20/h2-12,15H,13-14H2,1H3. The average Bonchev–Trinajstić information content (AvgIpc) is 3.20. The van der Waals surface area contributed by atoms with Crippen LogP contribution in [0.2, 0.25) is 0 Å². The minimum absolute atomic E-state index is 0.0379. The lowest BCUT2D eigenvalue weighted by molar-refractivity contribution is -0.128. The Balaban J connectivity index is 1.67. The van der Waals surface area contributed by atoms with Gasteiger partial charge in [-0.15, -0.1) is 0 Å². The van der Waals surface area contributed by atoms with Crippen LogP contribution in [-0.2, 0) is 17.8 Å². The quantitative estimate of drug-likeness (QED) is 0.474. The fourth-order valence-corrected chi connectivity index (χ4v) is 3.32. The van der Waals surface area contributed by atoms with Crippen molar-refractivity contribution in [3.8, 4) is 5.75 Å². The first-order valence-electron chi connectivity index (χ1n) is 9.58. The summed E-state index contributed by atoms with van der Waals surface area (Å²) in [6.45, 7) is 0.0379. The van der Waals surface area contributed by atoms with Crippen LogP contribution in [-0.4, -0.2) is 23.8 Å². The van der Waals surface area contributed by atoms with Crippen LogP contribution in [0.4, 0.5) is 0 Å². The lowest BCUT2D eigenvalue weighted by Gasteiger charge is -2.20. The molecule has 0 unspecified atom stereocenters. The topological polar surface area (TPSA) is 90.0 Å². The van der Waals surface area contributed by atoms with Gasteiger partial charge in [-0.3, -0.25) is 14.5 Å². The van der Waals surface area contributed by atoms with Gasteiger partial charge in [-0.25, -0.2) is 4.79 Å². The number of carbonyl (C=O) groups excluding carboxylic acids is 2. The molecule has 2 amide bonds. The number of fused-ring (bicyclic) bond motifs is 1. The summed E-state index contributed by atoms with van der Waals surface area (Å²) in [6.07, 6.45) is 1.41. The van der Waals surface area contributed by atoms with Crippen LogP contribution < -0.4 is 10.4 Å². The first-order valence-corrected chi connectivity index (χ1v) is 9.58. The molecule has 4 aromatic rings. The molecule has 7 heteroatoms. The zero-order chi connectivity index (χ0) is 21.8. The average molecular weight is 417 g/mol. The fraction of sp³-hybridized carbons (Fsp3) is 0.125. The van der Waals surface area contributed by atoms with E-state index in [0.717, 1.165) is 15.8 Å². The predicted octanol–water partition coefficient (Wildman–Crippen LogP) is 3.81. The van der Waals surface area contributed by atoms with E-state index in [0.29, 0.717) is 16.9 Å². The van der Waals surface area contributed by atoms with Crippen LogP contribution >= 0.6 is 0 Å². The number of methoxy groups -OCH3 is 1. The van der Waals surface area contributed by atoms with E-state index < -0.39 is 17.4 Å². The molecule has 0 bridgehead atoms. The summed E-state index contributed by atoms with van der Waals surface area (Å²) in [5.41, 5.74) is 1.26. The summed E-state index contributed by atoms with van der Waals surface area (Å²) in [5.74, 6) is -0.780. The van der Waals surface area contributed by atoms with E-state index in [9.17, 15) is 14.4 Å². The zero-order valence-corrected chi connectivity index (χ0v) is 16.7. The number of hydrogen-bond donors (Lipinski definition) is 0. The van der Waals surface area contributed by atoms with Crippen molar-refractivity contribution < 1.29 is 23.2 Å². The number of rotatable bonds is 6. The Morgan fingerprint density at radius 2 is 1.74 bits per heavy atom. The van der Waals surface area contributed by atoms with E-state index >= 15 is 0 Å². The smallest absolute Gasteiger partial charge is 0.336 e. The van der Waals surface area contributed by atoms with Crippen molar-refractivity contribution in [3.05, 3.63) is 100 Å². The van der Waals surface area contributed by atoms with E-state index in [-0.39, 0.29) is 18.7 Å². The Morgan fingerprint density at radius 1 is 0.968 bits per heavy atom. The second-order valence-corrected chi connectivity index (χ2v) is 6.86.